The van der Waals surface area contributed by atoms with E-state index in [1.54, 1.807) is 19.1 Å². The van der Waals surface area contributed by atoms with Crippen molar-refractivity contribution in [1.29, 1.82) is 0 Å². The third-order valence-electron chi connectivity index (χ3n) is 2.89. The number of hydrogen-bond acceptors (Lipinski definition) is 4. The first-order valence-electron chi connectivity index (χ1n) is 5.75. The second-order valence-electron chi connectivity index (χ2n) is 4.24. The lowest BCUT2D eigenvalue weighted by atomic mass is 10.1. The predicted octanol–water partition coefficient (Wildman–Crippen LogP) is 0.868. The highest BCUT2D eigenvalue weighted by Gasteiger charge is 2.14. The molecule has 0 aromatic heterocycles. The molecule has 4 nitrogen and oxygen atoms in total. The van der Waals surface area contributed by atoms with Crippen molar-refractivity contribution in [3.8, 4) is 0 Å². The molecule has 2 rings (SSSR count). The van der Waals surface area contributed by atoms with Crippen molar-refractivity contribution in [3.63, 3.8) is 0 Å². The minimum absolute atomic E-state index is 0.0603. The predicted molar refractivity (Wildman–Crippen MR) is 66.5 cm³/mol. The van der Waals surface area contributed by atoms with E-state index < -0.39 is 0 Å². The second-order valence-corrected chi connectivity index (χ2v) is 4.24. The minimum Gasteiger partial charge on any atom is -0.363 e. The fourth-order valence-electron chi connectivity index (χ4n) is 1.92. The van der Waals surface area contributed by atoms with Gasteiger partial charge in [-0.15, -0.1) is 0 Å². The number of Topliss-reactive ketones (excluding diaryl/α,β-unsaturated/α-hetero) is 2. The summed E-state index contributed by atoms with van der Waals surface area (Å²) in [6, 6.07) is 7.41. The molecule has 1 aromatic rings. The van der Waals surface area contributed by atoms with E-state index in [2.05, 4.69) is 5.32 Å². The van der Waals surface area contributed by atoms with Crippen molar-refractivity contribution in [3.05, 3.63) is 29.8 Å². The quantitative estimate of drug-likeness (QED) is 0.769. The van der Waals surface area contributed by atoms with Crippen LogP contribution < -0.4 is 10.2 Å². The molecule has 1 aliphatic heterocycles. The first-order chi connectivity index (χ1) is 8.16. The number of carbonyl (C=O) groups excluding carboxylic acids is 2. The molecule has 1 N–H and O–H groups in total. The third kappa shape index (κ3) is 2.91. The zero-order valence-corrected chi connectivity index (χ0v) is 9.90. The molecule has 0 radical (unpaired) electrons. The Kier molecular flexibility index (Phi) is 3.54. The molecule has 0 amide bonds. The van der Waals surface area contributed by atoms with Gasteiger partial charge in [0, 0.05) is 24.3 Å². The Morgan fingerprint density at radius 3 is 2.65 bits per heavy atom. The number of nitrogens with zero attached hydrogens (tertiary/aromatic N) is 1. The summed E-state index contributed by atoms with van der Waals surface area (Å²) in [7, 11) is 0. The highest BCUT2D eigenvalue weighted by atomic mass is 16.1. The van der Waals surface area contributed by atoms with Gasteiger partial charge in [0.25, 0.3) is 0 Å². The van der Waals surface area contributed by atoms with Gasteiger partial charge in [0.15, 0.2) is 11.6 Å². The Labute approximate surface area is 101 Å². The van der Waals surface area contributed by atoms with Gasteiger partial charge in [0.05, 0.1) is 13.1 Å². The van der Waals surface area contributed by atoms with Gasteiger partial charge in [0.2, 0.25) is 0 Å². The summed E-state index contributed by atoms with van der Waals surface area (Å²) in [5.74, 6) is 0.253. The molecular weight excluding hydrogens is 216 g/mol. The Hall–Kier alpha value is -1.68. The van der Waals surface area contributed by atoms with Crippen molar-refractivity contribution in [2.24, 2.45) is 0 Å². The Morgan fingerprint density at radius 2 is 2.00 bits per heavy atom. The molecule has 1 heterocycles. The maximum atomic E-state index is 11.5. The molecule has 0 spiro atoms. The van der Waals surface area contributed by atoms with Gasteiger partial charge in [-0.2, -0.15) is 0 Å². The van der Waals surface area contributed by atoms with Crippen LogP contribution in [-0.2, 0) is 4.79 Å². The third-order valence-corrected chi connectivity index (χ3v) is 2.89. The maximum absolute atomic E-state index is 11.5. The van der Waals surface area contributed by atoms with E-state index in [4.69, 9.17) is 0 Å². The van der Waals surface area contributed by atoms with Gasteiger partial charge < -0.3 is 10.2 Å². The molecule has 1 fully saturated rings. The Morgan fingerprint density at radius 1 is 1.29 bits per heavy atom. The fraction of sp³-hybridized carbons (Fsp3) is 0.385. The van der Waals surface area contributed by atoms with E-state index in [1.807, 2.05) is 17.0 Å². The maximum Gasteiger partial charge on any atom is 0.165 e. The van der Waals surface area contributed by atoms with E-state index >= 15 is 0 Å². The minimum atomic E-state index is 0.0603. The number of ketones is 2. The van der Waals surface area contributed by atoms with Crippen molar-refractivity contribution < 1.29 is 9.59 Å². The highest BCUT2D eigenvalue weighted by molar-refractivity contribution is 5.94. The fourth-order valence-corrected chi connectivity index (χ4v) is 1.92. The van der Waals surface area contributed by atoms with Gasteiger partial charge in [-0.05, 0) is 31.2 Å². The van der Waals surface area contributed by atoms with Crippen LogP contribution in [0.2, 0.25) is 0 Å². The topological polar surface area (TPSA) is 49.4 Å². The van der Waals surface area contributed by atoms with Gasteiger partial charge in [0.1, 0.15) is 0 Å². The van der Waals surface area contributed by atoms with Gasteiger partial charge in [-0.3, -0.25) is 9.59 Å². The largest absolute Gasteiger partial charge is 0.363 e. The van der Waals surface area contributed by atoms with E-state index in [-0.39, 0.29) is 11.6 Å². The number of rotatable bonds is 2. The van der Waals surface area contributed by atoms with E-state index in [9.17, 15) is 9.59 Å². The van der Waals surface area contributed by atoms with Gasteiger partial charge in [-0.25, -0.2) is 0 Å². The smallest absolute Gasteiger partial charge is 0.165 e. The first kappa shape index (κ1) is 11.8. The van der Waals surface area contributed by atoms with Crippen LogP contribution in [0.5, 0.6) is 0 Å². The van der Waals surface area contributed by atoms with Gasteiger partial charge >= 0.3 is 0 Å². The van der Waals surface area contributed by atoms with Crippen LogP contribution in [0.3, 0.4) is 0 Å². The number of carbonyl (C=O) groups is 2. The van der Waals surface area contributed by atoms with Crippen LogP contribution in [0, 0.1) is 0 Å². The summed E-state index contributed by atoms with van der Waals surface area (Å²) in [5.41, 5.74) is 1.69. The van der Waals surface area contributed by atoms with E-state index in [1.165, 1.54) is 0 Å². The zero-order chi connectivity index (χ0) is 12.3. The van der Waals surface area contributed by atoms with Crippen LogP contribution >= 0.6 is 0 Å². The van der Waals surface area contributed by atoms with Crippen molar-refractivity contribution in [2.45, 2.75) is 6.92 Å². The number of anilines is 1. The standard InChI is InChI=1S/C13H16N2O2/c1-10(16)11-2-4-12(5-3-11)15-7-6-14-8-13(17)9-15/h2-5,14H,6-9H2,1H3. The van der Waals surface area contributed by atoms with Crippen LogP contribution in [-0.4, -0.2) is 37.7 Å². The van der Waals surface area contributed by atoms with E-state index in [0.29, 0.717) is 18.7 Å². The molecule has 0 unspecified atom stereocenters. The molecule has 1 saturated heterocycles. The summed E-state index contributed by atoms with van der Waals surface area (Å²) in [4.78, 5) is 24.7. The van der Waals surface area contributed by atoms with Crippen molar-refractivity contribution in [2.75, 3.05) is 31.1 Å². The molecule has 17 heavy (non-hydrogen) atoms. The lowest BCUT2D eigenvalue weighted by Crippen LogP contribution is -2.29. The number of hydrogen-bond donors (Lipinski definition) is 1. The lowest BCUT2D eigenvalue weighted by molar-refractivity contribution is -0.116. The Bertz CT molecular complexity index is 426. The molecule has 90 valence electrons. The van der Waals surface area contributed by atoms with Crippen LogP contribution in [0.1, 0.15) is 17.3 Å². The monoisotopic (exact) mass is 232 g/mol. The normalized spacial score (nSPS) is 16.8. The second kappa shape index (κ2) is 5.10. The van der Waals surface area contributed by atoms with Crippen molar-refractivity contribution >= 4 is 17.3 Å². The van der Waals surface area contributed by atoms with Crippen LogP contribution in [0.25, 0.3) is 0 Å². The number of benzene rings is 1. The SMILES string of the molecule is CC(=O)c1ccc(N2CCNCC(=O)C2)cc1. The summed E-state index contributed by atoms with van der Waals surface area (Å²) in [6.45, 7) is 4.05. The summed E-state index contributed by atoms with van der Waals surface area (Å²) in [5, 5.41) is 3.08. The molecule has 0 aliphatic carbocycles. The van der Waals surface area contributed by atoms with Crippen molar-refractivity contribution in [1.82, 2.24) is 5.32 Å². The molecular formula is C13H16N2O2. The lowest BCUT2D eigenvalue weighted by Gasteiger charge is -2.21. The summed E-state index contributed by atoms with van der Waals surface area (Å²) < 4.78 is 0. The molecule has 0 atom stereocenters. The molecule has 0 bridgehead atoms. The van der Waals surface area contributed by atoms with Gasteiger partial charge in [-0.1, -0.05) is 0 Å². The summed E-state index contributed by atoms with van der Waals surface area (Å²) in [6.07, 6.45) is 0. The molecule has 4 heteroatoms. The average Bonchev–Trinajstić information content (AvgIpc) is 2.54. The molecule has 0 saturated carbocycles. The summed E-state index contributed by atoms with van der Waals surface area (Å²) >= 11 is 0. The number of nitrogens with one attached hydrogen (secondary N) is 1. The highest BCUT2D eigenvalue weighted by Crippen LogP contribution is 2.15. The zero-order valence-electron chi connectivity index (χ0n) is 9.90. The van der Waals surface area contributed by atoms with E-state index in [0.717, 1.165) is 18.8 Å². The first-order valence-corrected chi connectivity index (χ1v) is 5.75. The van der Waals surface area contributed by atoms with Crippen LogP contribution in [0.4, 0.5) is 5.69 Å². The molecule has 1 aromatic carbocycles. The molecule has 1 aliphatic rings. The Balaban J connectivity index is 2.15. The average molecular weight is 232 g/mol. The van der Waals surface area contributed by atoms with Crippen LogP contribution in [0.15, 0.2) is 24.3 Å².